The monoisotopic (exact) mass is 336 g/mol. The number of rotatable bonds is 5. The lowest BCUT2D eigenvalue weighted by Gasteiger charge is -2.32. The van der Waals surface area contributed by atoms with Crippen LogP contribution in [-0.4, -0.2) is 30.8 Å². The van der Waals surface area contributed by atoms with Crippen LogP contribution in [-0.2, 0) is 6.54 Å². The molecule has 1 saturated carbocycles. The summed E-state index contributed by atoms with van der Waals surface area (Å²) in [5.74, 6) is 1.38. The van der Waals surface area contributed by atoms with Gasteiger partial charge in [-0.3, -0.25) is 0 Å². The van der Waals surface area contributed by atoms with E-state index >= 15 is 0 Å². The molecule has 0 atom stereocenters. The summed E-state index contributed by atoms with van der Waals surface area (Å²) in [6.45, 7) is 0.593. The first-order valence-corrected chi connectivity index (χ1v) is 8.26. The quantitative estimate of drug-likeness (QED) is 0.645. The van der Waals surface area contributed by atoms with Gasteiger partial charge in [0.05, 0.1) is 11.4 Å². The van der Waals surface area contributed by atoms with E-state index in [-0.39, 0.29) is 12.0 Å². The summed E-state index contributed by atoms with van der Waals surface area (Å²) in [5, 5.41) is 7.53. The fourth-order valence-corrected chi connectivity index (χ4v) is 3.09. The van der Waals surface area contributed by atoms with E-state index in [1.165, 1.54) is 6.33 Å². The highest BCUT2D eigenvalue weighted by Crippen LogP contribution is 2.35. The first-order valence-electron chi connectivity index (χ1n) is 8.26. The van der Waals surface area contributed by atoms with Gasteiger partial charge in [0.1, 0.15) is 18.5 Å². The molecule has 2 heterocycles. The molecule has 8 nitrogen and oxygen atoms in total. The summed E-state index contributed by atoms with van der Waals surface area (Å²) >= 11 is 0. The van der Waals surface area contributed by atoms with E-state index in [2.05, 4.69) is 25.4 Å². The third-order valence-electron chi connectivity index (χ3n) is 4.47. The molecule has 2 aromatic heterocycles. The number of nitrogens with one attached hydrogen (secondary N) is 1. The van der Waals surface area contributed by atoms with Gasteiger partial charge in [-0.25, -0.2) is 14.6 Å². The third kappa shape index (κ3) is 3.29. The second-order valence-corrected chi connectivity index (χ2v) is 6.29. The Labute approximate surface area is 145 Å². The molecular weight excluding hydrogens is 316 g/mol. The molecule has 1 aromatic carbocycles. The first kappa shape index (κ1) is 15.5. The predicted molar refractivity (Wildman–Crippen MR) is 95.1 cm³/mol. The smallest absolute Gasteiger partial charge is 0.222 e. The molecule has 128 valence electrons. The number of aromatic nitrogens is 5. The van der Waals surface area contributed by atoms with Crippen molar-refractivity contribution in [3.8, 4) is 5.69 Å². The maximum atomic E-state index is 5.88. The lowest BCUT2D eigenvalue weighted by molar-refractivity contribution is 0.345. The van der Waals surface area contributed by atoms with Gasteiger partial charge in [0.2, 0.25) is 5.95 Å². The van der Waals surface area contributed by atoms with Gasteiger partial charge >= 0.3 is 0 Å². The summed E-state index contributed by atoms with van der Waals surface area (Å²) < 4.78 is 1.74. The average molecular weight is 336 g/mol. The Kier molecular flexibility index (Phi) is 4.02. The molecule has 1 aliphatic rings. The second kappa shape index (κ2) is 6.48. The van der Waals surface area contributed by atoms with E-state index in [0.717, 1.165) is 35.6 Å². The number of nitrogens with two attached hydrogens (primary N) is 2. The van der Waals surface area contributed by atoms with E-state index < -0.39 is 0 Å². The second-order valence-electron chi connectivity index (χ2n) is 6.29. The molecule has 0 unspecified atom stereocenters. The minimum Gasteiger partial charge on any atom is -0.368 e. The maximum Gasteiger partial charge on any atom is 0.222 e. The molecule has 0 saturated heterocycles. The van der Waals surface area contributed by atoms with Gasteiger partial charge in [0.15, 0.2) is 0 Å². The van der Waals surface area contributed by atoms with Gasteiger partial charge in [-0.1, -0.05) is 18.2 Å². The van der Waals surface area contributed by atoms with Crippen LogP contribution in [0.15, 0.2) is 43.0 Å². The van der Waals surface area contributed by atoms with Gasteiger partial charge in [0.25, 0.3) is 0 Å². The highest BCUT2D eigenvalue weighted by atomic mass is 15.3. The molecule has 0 amide bonds. The topological polar surface area (TPSA) is 121 Å². The van der Waals surface area contributed by atoms with Crippen LogP contribution in [0.5, 0.6) is 0 Å². The van der Waals surface area contributed by atoms with Gasteiger partial charge in [0, 0.05) is 24.6 Å². The number of hydrogen-bond donors (Lipinski definition) is 3. The lowest BCUT2D eigenvalue weighted by atomic mass is 9.78. The highest BCUT2D eigenvalue weighted by molar-refractivity contribution is 5.46. The molecular formula is C17H20N8. The molecule has 0 aliphatic heterocycles. The molecule has 8 heteroatoms. The van der Waals surface area contributed by atoms with Crippen LogP contribution < -0.4 is 16.8 Å². The van der Waals surface area contributed by atoms with Gasteiger partial charge in [-0.05, 0) is 24.5 Å². The number of hydrogen-bond acceptors (Lipinski definition) is 7. The summed E-state index contributed by atoms with van der Waals surface area (Å²) in [5.41, 5.74) is 14.8. The Balaban J connectivity index is 1.52. The van der Waals surface area contributed by atoms with Crippen molar-refractivity contribution in [1.82, 2.24) is 24.7 Å². The minimum atomic E-state index is 0.271. The first-order chi connectivity index (χ1) is 12.2. The van der Waals surface area contributed by atoms with Gasteiger partial charge in [-0.15, -0.1) is 0 Å². The van der Waals surface area contributed by atoms with Crippen LogP contribution in [0.25, 0.3) is 5.69 Å². The largest absolute Gasteiger partial charge is 0.368 e. The van der Waals surface area contributed by atoms with Crippen molar-refractivity contribution in [1.29, 1.82) is 0 Å². The zero-order chi connectivity index (χ0) is 17.2. The molecule has 0 spiro atoms. The zero-order valence-corrected chi connectivity index (χ0v) is 13.7. The van der Waals surface area contributed by atoms with Crippen LogP contribution in [0.3, 0.4) is 0 Å². The Hall–Kier alpha value is -3.00. The van der Waals surface area contributed by atoms with Crippen molar-refractivity contribution in [3.63, 3.8) is 0 Å². The maximum absolute atomic E-state index is 5.88. The van der Waals surface area contributed by atoms with Crippen LogP contribution in [0, 0.1) is 0 Å². The number of benzene rings is 1. The fraction of sp³-hybridized carbons (Fsp3) is 0.294. The molecule has 1 fully saturated rings. The normalized spacial score (nSPS) is 19.4. The number of nitrogen functional groups attached to an aromatic ring is 1. The summed E-state index contributed by atoms with van der Waals surface area (Å²) in [7, 11) is 0. The SMILES string of the molecule is Nc1nc(NCc2ccccc2-n2cncn2)cc(C2CC(N)C2)n1. The average Bonchev–Trinajstić information content (AvgIpc) is 3.11. The highest BCUT2D eigenvalue weighted by Gasteiger charge is 2.29. The van der Waals surface area contributed by atoms with Crippen LogP contribution >= 0.6 is 0 Å². The lowest BCUT2D eigenvalue weighted by Crippen LogP contribution is -2.35. The molecule has 0 bridgehead atoms. The molecule has 3 aromatic rings. The Morgan fingerprint density at radius 1 is 1.20 bits per heavy atom. The minimum absolute atomic E-state index is 0.271. The Bertz CT molecular complexity index is 855. The molecule has 25 heavy (non-hydrogen) atoms. The summed E-state index contributed by atoms with van der Waals surface area (Å²) in [6.07, 6.45) is 5.10. The molecule has 4 rings (SSSR count). The van der Waals surface area contributed by atoms with E-state index in [4.69, 9.17) is 11.5 Å². The van der Waals surface area contributed by atoms with Crippen molar-refractivity contribution in [2.75, 3.05) is 11.1 Å². The summed E-state index contributed by atoms with van der Waals surface area (Å²) in [4.78, 5) is 12.6. The predicted octanol–water partition coefficient (Wildman–Crippen LogP) is 1.46. The van der Waals surface area contributed by atoms with E-state index in [0.29, 0.717) is 12.5 Å². The third-order valence-corrected chi connectivity index (χ3v) is 4.47. The zero-order valence-electron chi connectivity index (χ0n) is 13.7. The van der Waals surface area contributed by atoms with Crippen LogP contribution in [0.1, 0.15) is 30.0 Å². The molecule has 0 radical (unpaired) electrons. The van der Waals surface area contributed by atoms with Crippen LogP contribution in [0.2, 0.25) is 0 Å². The number of anilines is 2. The van der Waals surface area contributed by atoms with E-state index in [1.54, 1.807) is 11.0 Å². The fourth-order valence-electron chi connectivity index (χ4n) is 3.09. The summed E-state index contributed by atoms with van der Waals surface area (Å²) in [6, 6.07) is 10.2. The van der Waals surface area contributed by atoms with Crippen molar-refractivity contribution in [3.05, 3.63) is 54.2 Å². The van der Waals surface area contributed by atoms with E-state index in [1.807, 2.05) is 30.3 Å². The van der Waals surface area contributed by atoms with Crippen molar-refractivity contribution >= 4 is 11.8 Å². The van der Waals surface area contributed by atoms with Gasteiger partial charge in [-0.2, -0.15) is 10.1 Å². The number of para-hydroxylation sites is 1. The van der Waals surface area contributed by atoms with Gasteiger partial charge < -0.3 is 16.8 Å². The molecule has 1 aliphatic carbocycles. The Morgan fingerprint density at radius 3 is 2.80 bits per heavy atom. The molecule has 5 N–H and O–H groups in total. The van der Waals surface area contributed by atoms with E-state index in [9.17, 15) is 0 Å². The van der Waals surface area contributed by atoms with Crippen molar-refractivity contribution < 1.29 is 0 Å². The van der Waals surface area contributed by atoms with Crippen LogP contribution in [0.4, 0.5) is 11.8 Å². The Morgan fingerprint density at radius 2 is 2.04 bits per heavy atom. The van der Waals surface area contributed by atoms with Crippen molar-refractivity contribution in [2.45, 2.75) is 31.3 Å². The number of nitrogens with zero attached hydrogens (tertiary/aromatic N) is 5. The van der Waals surface area contributed by atoms with Crippen molar-refractivity contribution in [2.24, 2.45) is 5.73 Å². The standard InChI is InChI=1S/C17H20N8/c18-13-5-12(6-13)14-7-16(24-17(19)23-14)21-8-11-3-1-2-4-15(11)25-10-20-9-22-25/h1-4,7,9-10,12-13H,5-6,8,18H2,(H3,19,21,23,24).